The summed E-state index contributed by atoms with van der Waals surface area (Å²) in [4.78, 5) is 16.0. The Morgan fingerprint density at radius 3 is 2.06 bits per heavy atom. The SMILES string of the molecule is Cl.[2H]C([2H])([2H])C1CCN(Cc2ccccc2)CC1=O.[2H]C([2H])([2H])N.[2H]C([2H])([2H])NC1CN(Cc2ccccc2)CCC1C([2H])([2H])[2H]. The lowest BCUT2D eigenvalue weighted by molar-refractivity contribution is -0.126. The molecular formula is C28H45ClN4O. The molecule has 3 N–H and O–H groups in total. The molecule has 2 aromatic carbocycles. The molecule has 34 heavy (non-hydrogen) atoms. The van der Waals surface area contributed by atoms with Crippen molar-refractivity contribution in [2.24, 2.45) is 17.6 Å². The van der Waals surface area contributed by atoms with E-state index in [2.05, 4.69) is 16.0 Å². The Kier molecular flexibility index (Phi) is 7.94. The number of nitrogens with one attached hydrogen (secondary N) is 1. The molecule has 2 aliphatic rings. The molecule has 0 saturated carbocycles. The van der Waals surface area contributed by atoms with Crippen molar-refractivity contribution < 1.29 is 21.2 Å². The predicted octanol–water partition coefficient (Wildman–Crippen LogP) is 4.21. The van der Waals surface area contributed by atoms with Gasteiger partial charge in [-0.1, -0.05) is 74.4 Å². The lowest BCUT2D eigenvalue weighted by Crippen LogP contribution is -2.48. The summed E-state index contributed by atoms with van der Waals surface area (Å²) >= 11 is 0. The van der Waals surface area contributed by atoms with Gasteiger partial charge in [0.05, 0.1) is 6.54 Å². The van der Waals surface area contributed by atoms with Crippen LogP contribution in [0.4, 0.5) is 0 Å². The molecule has 4 rings (SSSR count). The number of likely N-dealkylation sites (tertiary alicyclic amines) is 2. The highest BCUT2D eigenvalue weighted by molar-refractivity contribution is 5.85. The van der Waals surface area contributed by atoms with Gasteiger partial charge in [0.2, 0.25) is 0 Å². The first-order valence-electron chi connectivity index (χ1n) is 17.2. The van der Waals surface area contributed by atoms with Crippen LogP contribution in [0.25, 0.3) is 0 Å². The number of nitrogens with zero attached hydrogens (tertiary/aromatic N) is 2. The van der Waals surface area contributed by atoms with Gasteiger partial charge in [0, 0.05) is 48.0 Å². The Labute approximate surface area is 230 Å². The number of carbonyl (C=O) groups excluding carboxylic acids is 1. The predicted molar refractivity (Wildman–Crippen MR) is 146 cm³/mol. The van der Waals surface area contributed by atoms with Crippen LogP contribution in [0.15, 0.2) is 60.7 Å². The molecule has 2 saturated heterocycles. The van der Waals surface area contributed by atoms with Gasteiger partial charge in [-0.15, -0.1) is 12.4 Å². The number of nitrogens with two attached hydrogens (primary N) is 1. The molecule has 2 fully saturated rings. The third-order valence-electron chi connectivity index (χ3n) is 5.88. The number of carbonyl (C=O) groups is 1. The molecule has 5 nitrogen and oxygen atoms in total. The van der Waals surface area contributed by atoms with Crippen molar-refractivity contribution in [3.05, 3.63) is 71.8 Å². The smallest absolute Gasteiger partial charge is 0.149 e. The molecule has 0 aliphatic carbocycles. The van der Waals surface area contributed by atoms with Gasteiger partial charge in [0.25, 0.3) is 0 Å². The van der Waals surface area contributed by atoms with E-state index in [0.29, 0.717) is 45.6 Å². The van der Waals surface area contributed by atoms with E-state index in [4.69, 9.17) is 16.4 Å². The summed E-state index contributed by atoms with van der Waals surface area (Å²) < 4.78 is 85.2. The van der Waals surface area contributed by atoms with Gasteiger partial charge in [-0.2, -0.15) is 0 Å². The van der Waals surface area contributed by atoms with Crippen molar-refractivity contribution in [1.29, 1.82) is 0 Å². The van der Waals surface area contributed by atoms with E-state index in [-0.39, 0.29) is 24.7 Å². The van der Waals surface area contributed by atoms with E-state index < -0.39 is 45.5 Å². The van der Waals surface area contributed by atoms with Crippen molar-refractivity contribution >= 4 is 18.2 Å². The van der Waals surface area contributed by atoms with Gasteiger partial charge in [-0.05, 0) is 56.9 Å². The first-order valence-corrected chi connectivity index (χ1v) is 11.2. The number of benzene rings is 2. The highest BCUT2D eigenvalue weighted by Gasteiger charge is 2.24. The zero-order valence-corrected chi connectivity index (χ0v) is 20.3. The number of likely N-dealkylation sites (N-methyl/N-ethyl adjacent to an activating group) is 1. The number of hydrogen-bond donors (Lipinski definition) is 2. The minimum atomic E-state index is -2.33. The minimum absolute atomic E-state index is 0. The monoisotopic (exact) mass is 500 g/mol. The summed E-state index contributed by atoms with van der Waals surface area (Å²) in [7, 11) is 0. The van der Waals surface area contributed by atoms with Crippen LogP contribution >= 0.6 is 12.4 Å². The fourth-order valence-corrected chi connectivity index (χ4v) is 4.01. The summed E-state index contributed by atoms with van der Waals surface area (Å²) in [5.41, 5.74) is 6.65. The van der Waals surface area contributed by atoms with Gasteiger partial charge in [-0.25, -0.2) is 0 Å². The topological polar surface area (TPSA) is 61.6 Å². The molecule has 3 unspecified atom stereocenters. The van der Waals surface area contributed by atoms with Crippen molar-refractivity contribution in [3.63, 3.8) is 0 Å². The minimum Gasteiger partial charge on any atom is -0.333 e. The van der Waals surface area contributed by atoms with Crippen LogP contribution in [0.2, 0.25) is 0 Å². The lowest BCUT2D eigenvalue weighted by atomic mass is 9.93. The molecule has 2 heterocycles. The Morgan fingerprint density at radius 2 is 1.53 bits per heavy atom. The van der Waals surface area contributed by atoms with E-state index in [1.807, 2.05) is 65.6 Å². The molecule has 6 heteroatoms. The van der Waals surface area contributed by atoms with Crippen molar-refractivity contribution in [3.8, 4) is 0 Å². The lowest BCUT2D eigenvalue weighted by Gasteiger charge is -2.37. The molecule has 190 valence electrons. The van der Waals surface area contributed by atoms with Gasteiger partial charge in [0.15, 0.2) is 0 Å². The van der Waals surface area contributed by atoms with Crippen LogP contribution < -0.4 is 11.1 Å². The van der Waals surface area contributed by atoms with E-state index >= 15 is 0 Å². The summed E-state index contributed by atoms with van der Waals surface area (Å²) in [6, 6.07) is 19.3. The van der Waals surface area contributed by atoms with Crippen molar-refractivity contribution in [1.82, 2.24) is 15.1 Å². The zero-order chi connectivity index (χ0) is 34.1. The second kappa shape index (κ2) is 16.8. The van der Waals surface area contributed by atoms with E-state index in [1.54, 1.807) is 0 Å². The van der Waals surface area contributed by atoms with E-state index in [1.165, 1.54) is 0 Å². The largest absolute Gasteiger partial charge is 0.333 e. The molecule has 0 amide bonds. The third kappa shape index (κ3) is 10.2. The van der Waals surface area contributed by atoms with Crippen molar-refractivity contribution in [2.75, 3.05) is 40.1 Å². The molecule has 2 aromatic rings. The fraction of sp³-hybridized carbons (Fsp3) is 0.536. The highest BCUT2D eigenvalue weighted by atomic mass is 35.5. The Morgan fingerprint density at radius 1 is 0.941 bits per heavy atom. The van der Waals surface area contributed by atoms with E-state index in [0.717, 1.165) is 11.1 Å². The van der Waals surface area contributed by atoms with Crippen LogP contribution in [0.3, 0.4) is 0 Å². The van der Waals surface area contributed by atoms with Crippen LogP contribution in [-0.2, 0) is 17.9 Å². The van der Waals surface area contributed by atoms with Crippen molar-refractivity contribution in [2.45, 2.75) is 45.7 Å². The molecular weight excluding hydrogens is 444 g/mol. The number of Topliss-reactive ketones (excluding diaryl/α,β-unsaturated/α-hetero) is 1. The van der Waals surface area contributed by atoms with Crippen LogP contribution in [0, 0.1) is 11.8 Å². The van der Waals surface area contributed by atoms with Gasteiger partial charge in [-0.3, -0.25) is 14.6 Å². The van der Waals surface area contributed by atoms with Crippen LogP contribution in [0.5, 0.6) is 0 Å². The first-order chi connectivity index (χ1) is 20.6. The maximum Gasteiger partial charge on any atom is 0.149 e. The Bertz CT molecular complexity index is 1160. The third-order valence-corrected chi connectivity index (χ3v) is 5.88. The number of piperidine rings is 2. The maximum absolute atomic E-state index is 11.8. The summed E-state index contributed by atoms with van der Waals surface area (Å²) in [6.07, 6.45) is 0.902. The number of hydrogen-bond acceptors (Lipinski definition) is 5. The van der Waals surface area contributed by atoms with Gasteiger partial charge in [0.1, 0.15) is 5.78 Å². The zero-order valence-electron chi connectivity index (χ0n) is 31.5. The maximum atomic E-state index is 11.8. The fourth-order valence-electron chi connectivity index (χ4n) is 4.01. The average molecular weight is 501 g/mol. The quantitative estimate of drug-likeness (QED) is 0.643. The molecule has 0 aromatic heterocycles. The Balaban J connectivity index is 0.000000399. The molecule has 0 bridgehead atoms. The average Bonchev–Trinajstić information content (AvgIpc) is 2.87. The molecule has 3 atom stereocenters. The summed E-state index contributed by atoms with van der Waals surface area (Å²) in [6.45, 7) is -5.44. The highest BCUT2D eigenvalue weighted by Crippen LogP contribution is 2.19. The molecule has 0 radical (unpaired) electrons. The molecule has 0 spiro atoms. The number of rotatable bonds is 5. The molecule has 2 aliphatic heterocycles. The van der Waals surface area contributed by atoms with Crippen LogP contribution in [-0.4, -0.2) is 61.8 Å². The second-order valence-electron chi connectivity index (χ2n) is 8.37. The van der Waals surface area contributed by atoms with Crippen LogP contribution in [0.1, 0.15) is 54.1 Å². The summed E-state index contributed by atoms with van der Waals surface area (Å²) in [5.74, 6) is -1.55. The number of ketones is 1. The second-order valence-corrected chi connectivity index (χ2v) is 8.37. The summed E-state index contributed by atoms with van der Waals surface area (Å²) in [5, 5.41) is 2.53. The van der Waals surface area contributed by atoms with Gasteiger partial charge < -0.3 is 11.1 Å². The standard InChI is InChI=1S/C14H22N2.C13H17NO.CH5N.ClH/c1-12-8-9-16(11-14(12)15-2)10-13-6-4-3-5-7-13;1-11-7-8-14(10-13(11)15)9-12-5-3-2-4-6-12;1-2;/h3-7,12,14-15H,8-11H2,1-2H3;2-6,11H,7-10H2,1H3;2H2,1H3;1H/i1D3,2D3;2*1D3;. The van der Waals surface area contributed by atoms with Gasteiger partial charge >= 0.3 is 0 Å². The Hall–Kier alpha value is -1.76. The number of halogens is 1. The normalized spacial score (nSPS) is 29.7. The van der Waals surface area contributed by atoms with E-state index in [9.17, 15) is 4.79 Å². The first kappa shape index (κ1) is 16.1.